The van der Waals surface area contributed by atoms with E-state index in [4.69, 9.17) is 17.5 Å². The van der Waals surface area contributed by atoms with Crippen LogP contribution < -0.4 is 5.90 Å². The molecule has 0 aliphatic carbocycles. The Bertz CT molecular complexity index is 358. The van der Waals surface area contributed by atoms with Gasteiger partial charge in [-0.15, -0.1) is 0 Å². The first kappa shape index (κ1) is 12.3. The summed E-state index contributed by atoms with van der Waals surface area (Å²) in [5.74, 6) is 5.19. The van der Waals surface area contributed by atoms with Crippen LogP contribution in [0.15, 0.2) is 12.1 Å². The van der Waals surface area contributed by atoms with Gasteiger partial charge in [0.2, 0.25) is 0 Å². The van der Waals surface area contributed by atoms with E-state index in [0.29, 0.717) is 10.6 Å². The van der Waals surface area contributed by atoms with Crippen molar-refractivity contribution in [3.8, 4) is 5.75 Å². The van der Waals surface area contributed by atoms with Gasteiger partial charge in [0.15, 0.2) is 0 Å². The molecular weight excluding hydrogens is 214 g/mol. The first-order chi connectivity index (χ1) is 6.86. The lowest BCUT2D eigenvalue weighted by molar-refractivity contribution is 0.122. The van der Waals surface area contributed by atoms with E-state index < -0.39 is 0 Å². The predicted octanol–water partition coefficient (Wildman–Crippen LogP) is 2.73. The van der Waals surface area contributed by atoms with Gasteiger partial charge < -0.3 is 5.11 Å². The molecule has 0 unspecified atom stereocenters. The van der Waals surface area contributed by atoms with Crippen molar-refractivity contribution in [3.05, 3.63) is 28.3 Å². The fourth-order valence-corrected chi connectivity index (χ4v) is 1.67. The summed E-state index contributed by atoms with van der Waals surface area (Å²) in [5.41, 5.74) is 1.23. The quantitative estimate of drug-likeness (QED) is 0.767. The molecule has 0 aliphatic heterocycles. The van der Waals surface area contributed by atoms with E-state index in [1.807, 2.05) is 20.8 Å². The lowest BCUT2D eigenvalue weighted by atomic mass is 9.85. The fraction of sp³-hybridized carbons (Fsp3) is 0.455. The molecule has 3 N–H and O–H groups in total. The summed E-state index contributed by atoms with van der Waals surface area (Å²) in [5, 5.41) is 10.6. The number of benzene rings is 1. The summed E-state index contributed by atoms with van der Waals surface area (Å²) < 4.78 is 0. The molecule has 0 amide bonds. The molecule has 0 saturated heterocycles. The third kappa shape index (κ3) is 2.84. The highest BCUT2D eigenvalue weighted by Gasteiger charge is 2.20. The summed E-state index contributed by atoms with van der Waals surface area (Å²) in [6.07, 6.45) is 0. The smallest absolute Gasteiger partial charge is 0.125 e. The van der Waals surface area contributed by atoms with E-state index >= 15 is 0 Å². The Morgan fingerprint density at radius 1 is 1.40 bits per heavy atom. The largest absolute Gasteiger partial charge is 0.507 e. The third-order valence-corrected chi connectivity index (χ3v) is 2.42. The minimum absolute atomic E-state index is 0.148. The van der Waals surface area contributed by atoms with E-state index in [2.05, 4.69) is 4.84 Å². The van der Waals surface area contributed by atoms with Crippen molar-refractivity contribution < 1.29 is 9.94 Å². The zero-order chi connectivity index (χ0) is 11.6. The molecular formula is C11H16ClNO2. The van der Waals surface area contributed by atoms with Crippen LogP contribution in [0.1, 0.15) is 31.9 Å². The van der Waals surface area contributed by atoms with Crippen LogP contribution >= 0.6 is 11.6 Å². The van der Waals surface area contributed by atoms with E-state index in [9.17, 15) is 5.11 Å². The second kappa shape index (κ2) is 4.39. The Morgan fingerprint density at radius 3 is 2.47 bits per heavy atom. The second-order valence-corrected chi connectivity index (χ2v) is 4.96. The summed E-state index contributed by atoms with van der Waals surface area (Å²) >= 11 is 5.96. The molecule has 0 radical (unpaired) electrons. The zero-order valence-electron chi connectivity index (χ0n) is 9.17. The number of nitrogens with two attached hydrogens (primary N) is 1. The lowest BCUT2D eigenvalue weighted by Crippen LogP contribution is -2.12. The summed E-state index contributed by atoms with van der Waals surface area (Å²) in [6.45, 7) is 6.16. The van der Waals surface area contributed by atoms with Crippen molar-refractivity contribution in [1.82, 2.24) is 0 Å². The minimum atomic E-state index is -0.168. The van der Waals surface area contributed by atoms with Gasteiger partial charge in [0, 0.05) is 16.1 Å². The van der Waals surface area contributed by atoms with Gasteiger partial charge >= 0.3 is 0 Å². The topological polar surface area (TPSA) is 55.5 Å². The molecule has 0 aromatic heterocycles. The number of phenolic OH excluding ortho intramolecular Hbond substituents is 1. The maximum absolute atomic E-state index is 9.99. The normalized spacial score (nSPS) is 11.8. The Balaban J connectivity index is 3.28. The lowest BCUT2D eigenvalue weighted by Gasteiger charge is -2.22. The number of rotatable bonds is 2. The molecule has 84 valence electrons. The molecule has 1 aromatic rings. The first-order valence-electron chi connectivity index (χ1n) is 4.70. The van der Waals surface area contributed by atoms with Crippen LogP contribution in [0.25, 0.3) is 0 Å². The minimum Gasteiger partial charge on any atom is -0.507 e. The van der Waals surface area contributed by atoms with E-state index in [-0.39, 0.29) is 17.8 Å². The second-order valence-electron chi connectivity index (χ2n) is 4.52. The van der Waals surface area contributed by atoms with Crippen molar-refractivity contribution in [1.29, 1.82) is 0 Å². The average Bonchev–Trinajstić information content (AvgIpc) is 2.09. The van der Waals surface area contributed by atoms with Crippen LogP contribution in [0, 0.1) is 0 Å². The van der Waals surface area contributed by atoms with Crippen molar-refractivity contribution in [2.75, 3.05) is 0 Å². The van der Waals surface area contributed by atoms with Gasteiger partial charge in [-0.1, -0.05) is 32.4 Å². The predicted molar refractivity (Wildman–Crippen MR) is 60.8 cm³/mol. The van der Waals surface area contributed by atoms with Crippen LogP contribution in [0.3, 0.4) is 0 Å². The summed E-state index contributed by atoms with van der Waals surface area (Å²) in [4.78, 5) is 4.51. The molecule has 1 aromatic carbocycles. The van der Waals surface area contributed by atoms with Gasteiger partial charge in [-0.3, -0.25) is 4.84 Å². The van der Waals surface area contributed by atoms with Crippen LogP contribution in [-0.2, 0) is 16.9 Å². The van der Waals surface area contributed by atoms with Gasteiger partial charge in [0.1, 0.15) is 5.75 Å². The standard InChI is InChI=1S/C11H16ClNO2/c1-11(2,3)9-5-8(12)4-7(6-15-13)10(9)14/h4-5,14H,6,13H2,1-3H3. The molecule has 0 spiro atoms. The van der Waals surface area contributed by atoms with E-state index in [1.54, 1.807) is 12.1 Å². The SMILES string of the molecule is CC(C)(C)c1cc(Cl)cc(CON)c1O. The maximum atomic E-state index is 9.99. The Morgan fingerprint density at radius 2 is 2.00 bits per heavy atom. The Hall–Kier alpha value is -0.770. The van der Waals surface area contributed by atoms with Gasteiger partial charge in [-0.25, -0.2) is 5.90 Å². The van der Waals surface area contributed by atoms with Crippen molar-refractivity contribution >= 4 is 11.6 Å². The molecule has 0 aliphatic rings. The average molecular weight is 230 g/mol. The zero-order valence-corrected chi connectivity index (χ0v) is 9.93. The molecule has 1 rings (SSSR count). The first-order valence-corrected chi connectivity index (χ1v) is 5.07. The molecule has 0 fully saturated rings. The van der Waals surface area contributed by atoms with Crippen LogP contribution in [0.5, 0.6) is 5.75 Å². The van der Waals surface area contributed by atoms with Gasteiger partial charge in [0.25, 0.3) is 0 Å². The summed E-state index contributed by atoms with van der Waals surface area (Å²) in [6, 6.07) is 3.41. The number of aromatic hydroxyl groups is 1. The van der Waals surface area contributed by atoms with Gasteiger partial charge in [-0.2, -0.15) is 0 Å². The monoisotopic (exact) mass is 229 g/mol. The third-order valence-electron chi connectivity index (χ3n) is 2.20. The maximum Gasteiger partial charge on any atom is 0.125 e. The van der Waals surface area contributed by atoms with Gasteiger partial charge in [-0.05, 0) is 17.5 Å². The highest BCUT2D eigenvalue weighted by atomic mass is 35.5. The molecule has 4 heteroatoms. The van der Waals surface area contributed by atoms with E-state index in [1.165, 1.54) is 0 Å². The molecule has 0 bridgehead atoms. The Kier molecular flexibility index (Phi) is 3.60. The highest BCUT2D eigenvalue weighted by molar-refractivity contribution is 6.30. The molecule has 0 heterocycles. The van der Waals surface area contributed by atoms with Crippen molar-refractivity contribution in [3.63, 3.8) is 0 Å². The summed E-state index contributed by atoms with van der Waals surface area (Å²) in [7, 11) is 0. The molecule has 15 heavy (non-hydrogen) atoms. The molecule has 0 atom stereocenters. The van der Waals surface area contributed by atoms with Crippen molar-refractivity contribution in [2.24, 2.45) is 5.90 Å². The van der Waals surface area contributed by atoms with Crippen LogP contribution in [0.4, 0.5) is 0 Å². The number of hydrogen-bond acceptors (Lipinski definition) is 3. The Labute approximate surface area is 94.8 Å². The van der Waals surface area contributed by atoms with E-state index in [0.717, 1.165) is 5.56 Å². The number of hydrogen-bond donors (Lipinski definition) is 2. The van der Waals surface area contributed by atoms with Gasteiger partial charge in [0.05, 0.1) is 6.61 Å². The number of halogens is 1. The van der Waals surface area contributed by atoms with Crippen LogP contribution in [-0.4, -0.2) is 5.11 Å². The van der Waals surface area contributed by atoms with Crippen LogP contribution in [0.2, 0.25) is 5.02 Å². The molecule has 3 nitrogen and oxygen atoms in total. The molecule has 0 saturated carbocycles. The number of phenols is 1. The van der Waals surface area contributed by atoms with Crippen molar-refractivity contribution in [2.45, 2.75) is 32.8 Å². The highest BCUT2D eigenvalue weighted by Crippen LogP contribution is 2.35. The fourth-order valence-electron chi connectivity index (χ4n) is 1.43.